The van der Waals surface area contributed by atoms with Gasteiger partial charge in [0, 0.05) is 11.6 Å². The highest BCUT2D eigenvalue weighted by Gasteiger charge is 2.31. The lowest BCUT2D eigenvalue weighted by atomic mass is 10.3. The number of rotatable bonds is 3. The van der Waals surface area contributed by atoms with E-state index in [1.165, 1.54) is 24.3 Å². The Labute approximate surface area is 105 Å². The average molecular weight is 277 g/mol. The molecule has 1 N–H and O–H groups in total. The fourth-order valence-electron chi connectivity index (χ4n) is 1.48. The number of nitrogens with zero attached hydrogens (tertiary/aromatic N) is 1. The van der Waals surface area contributed by atoms with Crippen molar-refractivity contribution in [2.45, 2.75) is 5.57 Å². The number of imide groups is 1. The maximum absolute atomic E-state index is 12.3. The minimum atomic E-state index is -3.80. The molecule has 0 spiro atoms. The minimum absolute atomic E-state index is 0.0865. The highest BCUT2D eigenvalue weighted by atomic mass is 35.5. The summed E-state index contributed by atoms with van der Waals surface area (Å²) < 4.78 is 28.8. The molecule has 0 atom stereocenters. The molecule has 1 aliphatic heterocycles. The third-order valence-corrected chi connectivity index (χ3v) is 2.25. The minimum Gasteiger partial charge on any atom is -0.420 e. The number of carbonyl (C=O) groups is 2. The first kappa shape index (κ1) is 12.6. The van der Waals surface area contributed by atoms with Gasteiger partial charge in [0.05, 0.1) is 12.2 Å². The summed E-state index contributed by atoms with van der Waals surface area (Å²) in [6.45, 7) is -0.0865. The Balaban J connectivity index is 2.17. The zero-order valence-electron chi connectivity index (χ0n) is 8.82. The SMILES string of the molecule is O=C1CNC(=O)N1c1ccc(OC(F)(F)Cl)cc1. The van der Waals surface area contributed by atoms with Gasteiger partial charge in [-0.25, -0.2) is 9.69 Å². The molecule has 0 unspecified atom stereocenters. The van der Waals surface area contributed by atoms with Gasteiger partial charge in [0.15, 0.2) is 0 Å². The largest absolute Gasteiger partial charge is 0.487 e. The average Bonchev–Trinajstić information content (AvgIpc) is 2.58. The Hall–Kier alpha value is -1.89. The van der Waals surface area contributed by atoms with Crippen LogP contribution in [-0.4, -0.2) is 24.1 Å². The molecule has 0 aromatic heterocycles. The first-order chi connectivity index (χ1) is 8.37. The summed E-state index contributed by atoms with van der Waals surface area (Å²) in [5, 5.41) is 2.34. The fraction of sp³-hybridized carbons (Fsp3) is 0.200. The Bertz CT molecular complexity index is 471. The molecule has 0 saturated carbocycles. The molecule has 0 aliphatic carbocycles. The van der Waals surface area contributed by atoms with E-state index in [2.05, 4.69) is 21.7 Å². The van der Waals surface area contributed by atoms with Crippen molar-refractivity contribution in [3.05, 3.63) is 24.3 Å². The van der Waals surface area contributed by atoms with Crippen LogP contribution in [0.15, 0.2) is 24.3 Å². The molecular formula is C10H7ClF2N2O3. The van der Waals surface area contributed by atoms with E-state index in [1.54, 1.807) is 0 Å². The second kappa shape index (κ2) is 4.41. The molecule has 2 rings (SSSR count). The molecule has 96 valence electrons. The van der Waals surface area contributed by atoms with Crippen LogP contribution < -0.4 is 15.0 Å². The number of ether oxygens (including phenoxy) is 1. The molecule has 1 aromatic rings. The van der Waals surface area contributed by atoms with Crippen molar-refractivity contribution in [3.8, 4) is 5.75 Å². The normalized spacial score (nSPS) is 15.8. The van der Waals surface area contributed by atoms with Gasteiger partial charge in [0.2, 0.25) is 0 Å². The van der Waals surface area contributed by atoms with E-state index >= 15 is 0 Å². The van der Waals surface area contributed by atoms with Crippen molar-refractivity contribution < 1.29 is 23.1 Å². The number of hydrogen-bond acceptors (Lipinski definition) is 3. The topological polar surface area (TPSA) is 58.6 Å². The molecule has 1 aliphatic rings. The molecule has 3 amide bonds. The van der Waals surface area contributed by atoms with Crippen LogP contribution in [0.4, 0.5) is 19.3 Å². The van der Waals surface area contributed by atoms with Crippen LogP contribution >= 0.6 is 11.6 Å². The number of benzene rings is 1. The zero-order valence-corrected chi connectivity index (χ0v) is 9.58. The molecule has 5 nitrogen and oxygen atoms in total. The van der Waals surface area contributed by atoms with E-state index in [4.69, 9.17) is 0 Å². The monoisotopic (exact) mass is 276 g/mol. The highest BCUT2D eigenvalue weighted by Crippen LogP contribution is 2.27. The van der Waals surface area contributed by atoms with E-state index in [1.807, 2.05) is 0 Å². The van der Waals surface area contributed by atoms with E-state index in [-0.39, 0.29) is 18.0 Å². The first-order valence-corrected chi connectivity index (χ1v) is 5.21. The number of nitrogens with one attached hydrogen (secondary N) is 1. The number of alkyl halides is 3. The predicted octanol–water partition coefficient (Wildman–Crippen LogP) is 1.91. The molecule has 0 radical (unpaired) electrons. The third kappa shape index (κ3) is 2.67. The fourth-order valence-corrected chi connectivity index (χ4v) is 1.57. The Morgan fingerprint density at radius 2 is 1.89 bits per heavy atom. The van der Waals surface area contributed by atoms with Crippen LogP contribution in [0.2, 0.25) is 0 Å². The van der Waals surface area contributed by atoms with Crippen LogP contribution in [0.5, 0.6) is 5.75 Å². The number of hydrogen-bond donors (Lipinski definition) is 1. The lowest BCUT2D eigenvalue weighted by Crippen LogP contribution is -2.30. The van der Waals surface area contributed by atoms with Gasteiger partial charge in [0.25, 0.3) is 5.91 Å². The molecule has 18 heavy (non-hydrogen) atoms. The second-order valence-electron chi connectivity index (χ2n) is 3.43. The van der Waals surface area contributed by atoms with Crippen molar-refractivity contribution in [1.82, 2.24) is 5.32 Å². The van der Waals surface area contributed by atoms with Gasteiger partial charge in [-0.15, -0.1) is 8.78 Å². The first-order valence-electron chi connectivity index (χ1n) is 4.83. The van der Waals surface area contributed by atoms with Crippen molar-refractivity contribution in [2.24, 2.45) is 0 Å². The Morgan fingerprint density at radius 3 is 2.33 bits per heavy atom. The van der Waals surface area contributed by atoms with E-state index in [9.17, 15) is 18.4 Å². The summed E-state index contributed by atoms with van der Waals surface area (Å²) >= 11 is 4.60. The van der Waals surface area contributed by atoms with Crippen LogP contribution in [0.1, 0.15) is 0 Å². The zero-order chi connectivity index (χ0) is 13.3. The summed E-state index contributed by atoms with van der Waals surface area (Å²) in [6.07, 6.45) is 0. The molecule has 1 aromatic carbocycles. The van der Waals surface area contributed by atoms with E-state index < -0.39 is 17.5 Å². The highest BCUT2D eigenvalue weighted by molar-refractivity contribution is 6.21. The van der Waals surface area contributed by atoms with Crippen molar-refractivity contribution >= 4 is 29.2 Å². The van der Waals surface area contributed by atoms with E-state index in [0.29, 0.717) is 0 Å². The van der Waals surface area contributed by atoms with Gasteiger partial charge >= 0.3 is 11.6 Å². The Kier molecular flexibility index (Phi) is 3.08. The van der Waals surface area contributed by atoms with Gasteiger partial charge in [-0.1, -0.05) is 0 Å². The standard InChI is InChI=1S/C10H7ClF2N2O3/c11-10(12,13)18-7-3-1-6(2-4-7)15-8(16)5-14-9(15)17/h1-4H,5H2,(H,14,17). The van der Waals surface area contributed by atoms with Crippen LogP contribution in [0.25, 0.3) is 0 Å². The summed E-state index contributed by atoms with van der Waals surface area (Å²) in [5.74, 6) is -0.595. The summed E-state index contributed by atoms with van der Waals surface area (Å²) in [7, 11) is 0. The third-order valence-electron chi connectivity index (χ3n) is 2.17. The van der Waals surface area contributed by atoms with Crippen molar-refractivity contribution in [3.63, 3.8) is 0 Å². The lowest BCUT2D eigenvalue weighted by Gasteiger charge is -2.14. The maximum Gasteiger partial charge on any atom is 0.487 e. The van der Waals surface area contributed by atoms with Gasteiger partial charge in [-0.05, 0) is 24.3 Å². The van der Waals surface area contributed by atoms with Crippen LogP contribution in [-0.2, 0) is 4.79 Å². The van der Waals surface area contributed by atoms with Crippen LogP contribution in [0.3, 0.4) is 0 Å². The van der Waals surface area contributed by atoms with Gasteiger partial charge in [-0.3, -0.25) is 4.79 Å². The van der Waals surface area contributed by atoms with Gasteiger partial charge in [-0.2, -0.15) is 0 Å². The quantitative estimate of drug-likeness (QED) is 0.678. The van der Waals surface area contributed by atoms with Crippen LogP contribution in [0, 0.1) is 0 Å². The van der Waals surface area contributed by atoms with Gasteiger partial charge < -0.3 is 10.1 Å². The molecule has 1 saturated heterocycles. The van der Waals surface area contributed by atoms with E-state index in [0.717, 1.165) is 4.90 Å². The number of urea groups is 1. The lowest BCUT2D eigenvalue weighted by molar-refractivity contribution is -0.115. The maximum atomic E-state index is 12.3. The summed E-state index contributed by atoms with van der Waals surface area (Å²) in [4.78, 5) is 23.6. The summed E-state index contributed by atoms with van der Waals surface area (Å²) in [6, 6.07) is 4.42. The van der Waals surface area contributed by atoms with Gasteiger partial charge in [0.1, 0.15) is 5.75 Å². The Morgan fingerprint density at radius 1 is 1.28 bits per heavy atom. The number of carbonyl (C=O) groups excluding carboxylic acids is 2. The second-order valence-corrected chi connectivity index (χ2v) is 3.87. The van der Waals surface area contributed by atoms with Crippen molar-refractivity contribution in [1.29, 1.82) is 0 Å². The molecule has 8 heteroatoms. The number of amides is 3. The smallest absolute Gasteiger partial charge is 0.420 e. The molecule has 1 heterocycles. The molecule has 1 fully saturated rings. The number of halogens is 3. The number of anilines is 1. The predicted molar refractivity (Wildman–Crippen MR) is 58.8 cm³/mol. The summed E-state index contributed by atoms with van der Waals surface area (Å²) in [5.41, 5.74) is -3.54. The molecule has 0 bridgehead atoms. The molecular weight excluding hydrogens is 270 g/mol. The van der Waals surface area contributed by atoms with Crippen molar-refractivity contribution in [2.75, 3.05) is 11.4 Å².